The minimum Gasteiger partial charge on any atom is -0.428 e. The Morgan fingerprint density at radius 1 is 0.750 bits per heavy atom. The lowest BCUT2D eigenvalue weighted by Crippen LogP contribution is -2.14. The Morgan fingerprint density at radius 3 is 1.54 bits per heavy atom. The first-order chi connectivity index (χ1) is 13.5. The van der Waals surface area contributed by atoms with Gasteiger partial charge in [-0.25, -0.2) is 9.18 Å². The summed E-state index contributed by atoms with van der Waals surface area (Å²) in [4.78, 5) is 11.2. The molecule has 0 aromatic heterocycles. The Kier molecular flexibility index (Phi) is 25.3. The first kappa shape index (κ1) is 29.3. The molecule has 0 saturated carbocycles. The van der Waals surface area contributed by atoms with Crippen LogP contribution in [0.5, 0.6) is 0 Å². The molecule has 0 heterocycles. The molecule has 0 radical (unpaired) electrons. The molecular weight excluding hydrogens is 351 g/mol. The van der Waals surface area contributed by atoms with E-state index in [0.717, 1.165) is 25.7 Å². The van der Waals surface area contributed by atoms with Crippen molar-refractivity contribution >= 4 is 5.97 Å². The lowest BCUT2D eigenvalue weighted by Gasteiger charge is -2.09. The molecule has 0 N–H and O–H groups in total. The van der Waals surface area contributed by atoms with Crippen molar-refractivity contribution in [2.75, 3.05) is 0 Å². The number of hydrogen-bond donors (Lipinski definition) is 0. The van der Waals surface area contributed by atoms with Gasteiger partial charge in [-0.2, -0.15) is 0 Å². The molecule has 0 aliphatic carbocycles. The highest BCUT2D eigenvalue weighted by atomic mass is 19.1. The monoisotopic (exact) mass is 400 g/mol. The third-order valence-electron chi connectivity index (χ3n) is 4.81. The van der Waals surface area contributed by atoms with Gasteiger partial charge in [-0.1, -0.05) is 117 Å². The van der Waals surface area contributed by atoms with Crippen LogP contribution in [0.3, 0.4) is 0 Å². The number of alkyl halides is 1. The smallest absolute Gasteiger partial charge is 0.335 e. The molecule has 0 aliphatic heterocycles. The Bertz CT molecular complexity index is 342. The second-order valence-corrected chi connectivity index (χ2v) is 7.79. The third-order valence-corrected chi connectivity index (χ3v) is 4.81. The zero-order valence-electron chi connectivity index (χ0n) is 19.7. The summed E-state index contributed by atoms with van der Waals surface area (Å²) in [6.45, 7) is 10.2. The highest BCUT2D eigenvalue weighted by Gasteiger charge is 2.13. The Balaban J connectivity index is 0. The molecule has 1 atom stereocenters. The standard InChI is InChI=1S/C13H28.C12H21FO2/c1-3-5-7-9-11-13-12-10-8-6-4-2;1-4-6-7-9-11(13)15-12(14)10(3)8-5-2/h3-13H2,1-2H3;8,11H,4-7,9H2,1-3H3. The van der Waals surface area contributed by atoms with Crippen LogP contribution in [0, 0.1) is 0 Å². The van der Waals surface area contributed by atoms with Crippen LogP contribution in [0.25, 0.3) is 0 Å². The molecule has 0 aliphatic rings. The van der Waals surface area contributed by atoms with Crippen LogP contribution in [-0.2, 0) is 9.53 Å². The van der Waals surface area contributed by atoms with Crippen LogP contribution in [-0.4, -0.2) is 12.3 Å². The molecule has 0 saturated heterocycles. The van der Waals surface area contributed by atoms with Crippen molar-refractivity contribution in [3.05, 3.63) is 11.6 Å². The maximum Gasteiger partial charge on any atom is 0.335 e. The fourth-order valence-corrected chi connectivity index (χ4v) is 2.95. The highest BCUT2D eigenvalue weighted by molar-refractivity contribution is 5.87. The van der Waals surface area contributed by atoms with Crippen LogP contribution in [0.2, 0.25) is 0 Å². The Hall–Kier alpha value is -0.860. The van der Waals surface area contributed by atoms with E-state index in [1.165, 1.54) is 70.6 Å². The highest BCUT2D eigenvalue weighted by Crippen LogP contribution is 2.11. The molecule has 1 unspecified atom stereocenters. The summed E-state index contributed by atoms with van der Waals surface area (Å²) in [5, 5.41) is 0. The van der Waals surface area contributed by atoms with Crippen molar-refractivity contribution in [3.63, 3.8) is 0 Å². The van der Waals surface area contributed by atoms with Crippen molar-refractivity contribution in [3.8, 4) is 0 Å². The maximum atomic E-state index is 13.1. The Labute approximate surface area is 175 Å². The first-order valence-electron chi connectivity index (χ1n) is 12.0. The van der Waals surface area contributed by atoms with E-state index < -0.39 is 12.3 Å². The summed E-state index contributed by atoms with van der Waals surface area (Å²) in [7, 11) is 0. The number of unbranched alkanes of at least 4 members (excludes halogenated alkanes) is 12. The summed E-state index contributed by atoms with van der Waals surface area (Å²) >= 11 is 0. The predicted molar refractivity (Wildman–Crippen MR) is 121 cm³/mol. The fraction of sp³-hybridized carbons (Fsp3) is 0.880. The van der Waals surface area contributed by atoms with Gasteiger partial charge in [-0.15, -0.1) is 0 Å². The number of esters is 1. The normalized spacial score (nSPS) is 12.3. The third kappa shape index (κ3) is 23.2. The fourth-order valence-electron chi connectivity index (χ4n) is 2.95. The van der Waals surface area contributed by atoms with Gasteiger partial charge in [0.25, 0.3) is 0 Å². The zero-order chi connectivity index (χ0) is 21.5. The van der Waals surface area contributed by atoms with E-state index in [2.05, 4.69) is 18.6 Å². The second kappa shape index (κ2) is 24.2. The Morgan fingerprint density at radius 2 is 1.14 bits per heavy atom. The van der Waals surface area contributed by atoms with Crippen molar-refractivity contribution in [2.24, 2.45) is 0 Å². The van der Waals surface area contributed by atoms with Gasteiger partial charge in [-0.3, -0.25) is 0 Å². The number of halogens is 1. The number of ether oxygens (including phenoxy) is 1. The molecular formula is C25H49FO2. The molecule has 0 spiro atoms. The van der Waals surface area contributed by atoms with Crippen molar-refractivity contribution in [1.29, 1.82) is 0 Å². The number of allylic oxidation sites excluding steroid dienone is 1. The van der Waals surface area contributed by atoms with Gasteiger partial charge in [0.05, 0.1) is 0 Å². The topological polar surface area (TPSA) is 26.3 Å². The van der Waals surface area contributed by atoms with Gasteiger partial charge in [0.1, 0.15) is 0 Å². The van der Waals surface area contributed by atoms with E-state index in [4.69, 9.17) is 0 Å². The van der Waals surface area contributed by atoms with Crippen LogP contribution < -0.4 is 0 Å². The van der Waals surface area contributed by atoms with Crippen LogP contribution in [0.1, 0.15) is 137 Å². The average molecular weight is 401 g/mol. The van der Waals surface area contributed by atoms with Crippen LogP contribution in [0.4, 0.5) is 4.39 Å². The lowest BCUT2D eigenvalue weighted by molar-refractivity contribution is -0.153. The van der Waals surface area contributed by atoms with Crippen LogP contribution in [0.15, 0.2) is 11.6 Å². The minimum atomic E-state index is -1.45. The van der Waals surface area contributed by atoms with Crippen LogP contribution >= 0.6 is 0 Å². The molecule has 0 rings (SSSR count). The molecule has 2 nitrogen and oxygen atoms in total. The largest absolute Gasteiger partial charge is 0.428 e. The van der Waals surface area contributed by atoms with Gasteiger partial charge < -0.3 is 4.74 Å². The number of carbonyl (C=O) groups is 1. The number of rotatable bonds is 17. The summed E-state index contributed by atoms with van der Waals surface area (Å²) in [6, 6.07) is 0. The molecule has 0 amide bonds. The van der Waals surface area contributed by atoms with Gasteiger partial charge in [0, 0.05) is 12.0 Å². The summed E-state index contributed by atoms with van der Waals surface area (Å²) in [5.74, 6) is -0.541. The number of hydrogen-bond acceptors (Lipinski definition) is 2. The SMILES string of the molecule is CCC=C(C)C(=O)OC(F)CCCCC.CCCCCCCCCCCCC. The minimum absolute atomic E-state index is 0.305. The van der Waals surface area contributed by atoms with Gasteiger partial charge in [-0.05, 0) is 19.8 Å². The van der Waals surface area contributed by atoms with Crippen molar-refractivity contribution in [1.82, 2.24) is 0 Å². The molecule has 0 aromatic carbocycles. The van der Waals surface area contributed by atoms with E-state index in [0.29, 0.717) is 12.0 Å². The van der Waals surface area contributed by atoms with Crippen molar-refractivity contribution in [2.45, 2.75) is 144 Å². The molecule has 28 heavy (non-hydrogen) atoms. The molecule has 3 heteroatoms. The lowest BCUT2D eigenvalue weighted by atomic mass is 10.1. The predicted octanol–water partition coefficient (Wildman–Crippen LogP) is 9.08. The van der Waals surface area contributed by atoms with Crippen molar-refractivity contribution < 1.29 is 13.9 Å². The molecule has 0 fully saturated rings. The van der Waals surface area contributed by atoms with E-state index in [-0.39, 0.29) is 0 Å². The molecule has 0 bridgehead atoms. The summed E-state index contributed by atoms with van der Waals surface area (Å²) < 4.78 is 17.7. The zero-order valence-corrected chi connectivity index (χ0v) is 19.7. The maximum absolute atomic E-state index is 13.1. The van der Waals surface area contributed by atoms with Gasteiger partial charge >= 0.3 is 5.97 Å². The number of carbonyl (C=O) groups excluding carboxylic acids is 1. The van der Waals surface area contributed by atoms with Gasteiger partial charge in [0.15, 0.2) is 0 Å². The summed E-state index contributed by atoms with van der Waals surface area (Å²) in [6.07, 6.45) is 20.1. The average Bonchev–Trinajstić information content (AvgIpc) is 2.67. The van der Waals surface area contributed by atoms with E-state index in [9.17, 15) is 9.18 Å². The second-order valence-electron chi connectivity index (χ2n) is 7.79. The molecule has 0 aromatic rings. The van der Waals surface area contributed by atoms with E-state index in [1.807, 2.05) is 13.8 Å². The summed E-state index contributed by atoms with van der Waals surface area (Å²) in [5.41, 5.74) is 0.482. The van der Waals surface area contributed by atoms with E-state index >= 15 is 0 Å². The first-order valence-corrected chi connectivity index (χ1v) is 12.0. The quantitative estimate of drug-likeness (QED) is 0.138. The van der Waals surface area contributed by atoms with Gasteiger partial charge in [0.2, 0.25) is 6.36 Å². The van der Waals surface area contributed by atoms with E-state index in [1.54, 1.807) is 13.0 Å². The molecule has 168 valence electrons.